The molecule has 0 aromatic heterocycles. The summed E-state index contributed by atoms with van der Waals surface area (Å²) in [5, 5.41) is 14.6. The summed E-state index contributed by atoms with van der Waals surface area (Å²) in [7, 11) is 0. The van der Waals surface area contributed by atoms with Gasteiger partial charge in [0.05, 0.1) is 6.61 Å². The van der Waals surface area contributed by atoms with Crippen LogP contribution in [0.25, 0.3) is 10.8 Å². The van der Waals surface area contributed by atoms with Gasteiger partial charge in [-0.15, -0.1) is 0 Å². The number of benzene rings is 2. The lowest BCUT2D eigenvalue weighted by molar-refractivity contribution is 0.281. The van der Waals surface area contributed by atoms with E-state index in [0.29, 0.717) is 0 Å². The number of hydrogen-bond donors (Lipinski definition) is 2. The van der Waals surface area contributed by atoms with Gasteiger partial charge in [-0.25, -0.2) is 0 Å². The Morgan fingerprint density at radius 2 is 1.87 bits per heavy atom. The highest BCUT2D eigenvalue weighted by molar-refractivity contribution is 5.85. The first-order valence-electron chi connectivity index (χ1n) is 5.16. The zero-order chi connectivity index (χ0) is 10.7. The summed E-state index contributed by atoms with van der Waals surface area (Å²) in [5.41, 5.74) is 1.05. The number of aliphatic hydroxyl groups is 1. The Morgan fingerprint density at radius 3 is 2.60 bits per heavy atom. The molecule has 0 saturated carbocycles. The SMILES string of the molecule is CC(CO)Nc1ccc2ccccc2c1. The summed E-state index contributed by atoms with van der Waals surface area (Å²) in [6.07, 6.45) is 0. The molecule has 1 atom stereocenters. The average Bonchev–Trinajstić information content (AvgIpc) is 2.29. The molecule has 15 heavy (non-hydrogen) atoms. The Kier molecular flexibility index (Phi) is 2.88. The maximum Gasteiger partial charge on any atom is 0.0630 e. The smallest absolute Gasteiger partial charge is 0.0630 e. The zero-order valence-corrected chi connectivity index (χ0v) is 8.77. The van der Waals surface area contributed by atoms with E-state index in [4.69, 9.17) is 5.11 Å². The number of fused-ring (bicyclic) bond motifs is 1. The van der Waals surface area contributed by atoms with E-state index in [-0.39, 0.29) is 12.6 Å². The summed E-state index contributed by atoms with van der Waals surface area (Å²) in [5.74, 6) is 0. The van der Waals surface area contributed by atoms with Gasteiger partial charge in [0, 0.05) is 11.7 Å². The summed E-state index contributed by atoms with van der Waals surface area (Å²) >= 11 is 0. The van der Waals surface area contributed by atoms with E-state index < -0.39 is 0 Å². The van der Waals surface area contributed by atoms with Crippen molar-refractivity contribution in [3.05, 3.63) is 42.5 Å². The fourth-order valence-electron chi connectivity index (χ4n) is 1.61. The van der Waals surface area contributed by atoms with Crippen LogP contribution in [0.2, 0.25) is 0 Å². The van der Waals surface area contributed by atoms with Gasteiger partial charge in [0.2, 0.25) is 0 Å². The third-order valence-corrected chi connectivity index (χ3v) is 2.44. The lowest BCUT2D eigenvalue weighted by atomic mass is 10.1. The van der Waals surface area contributed by atoms with Gasteiger partial charge in [0.15, 0.2) is 0 Å². The molecule has 0 bridgehead atoms. The molecule has 78 valence electrons. The molecule has 2 rings (SSSR count). The third kappa shape index (κ3) is 2.28. The van der Waals surface area contributed by atoms with Crippen LogP contribution in [0.4, 0.5) is 5.69 Å². The average molecular weight is 201 g/mol. The van der Waals surface area contributed by atoms with Gasteiger partial charge in [-0.1, -0.05) is 30.3 Å². The van der Waals surface area contributed by atoms with Crippen LogP contribution in [-0.4, -0.2) is 17.8 Å². The van der Waals surface area contributed by atoms with Crippen LogP contribution in [-0.2, 0) is 0 Å². The lowest BCUT2D eigenvalue weighted by Crippen LogP contribution is -2.19. The minimum absolute atomic E-state index is 0.0890. The predicted octanol–water partition coefficient (Wildman–Crippen LogP) is 2.63. The second-order valence-electron chi connectivity index (χ2n) is 3.79. The van der Waals surface area contributed by atoms with Gasteiger partial charge in [-0.2, -0.15) is 0 Å². The highest BCUT2D eigenvalue weighted by atomic mass is 16.3. The molecular formula is C13H15NO. The Labute approximate surface area is 89.6 Å². The molecule has 2 N–H and O–H groups in total. The number of hydrogen-bond acceptors (Lipinski definition) is 2. The third-order valence-electron chi connectivity index (χ3n) is 2.44. The molecule has 0 radical (unpaired) electrons. The van der Waals surface area contributed by atoms with Crippen molar-refractivity contribution < 1.29 is 5.11 Å². The van der Waals surface area contributed by atoms with E-state index in [1.165, 1.54) is 10.8 Å². The molecular weight excluding hydrogens is 186 g/mol. The Bertz CT molecular complexity index is 453. The van der Waals surface area contributed by atoms with Gasteiger partial charge in [0.1, 0.15) is 0 Å². The van der Waals surface area contributed by atoms with Crippen LogP contribution < -0.4 is 5.32 Å². The van der Waals surface area contributed by atoms with E-state index >= 15 is 0 Å². The van der Waals surface area contributed by atoms with Crippen LogP contribution in [0.3, 0.4) is 0 Å². The Hall–Kier alpha value is -1.54. The summed E-state index contributed by atoms with van der Waals surface area (Å²) in [6.45, 7) is 2.10. The molecule has 2 heteroatoms. The van der Waals surface area contributed by atoms with E-state index in [1.807, 2.05) is 25.1 Å². The van der Waals surface area contributed by atoms with Crippen LogP contribution in [0, 0.1) is 0 Å². The first kappa shape index (κ1) is 9.99. The molecule has 0 aliphatic carbocycles. The molecule has 2 aromatic rings. The summed E-state index contributed by atoms with van der Waals surface area (Å²) in [6, 6.07) is 14.6. The monoisotopic (exact) mass is 201 g/mol. The number of aliphatic hydroxyl groups excluding tert-OH is 1. The van der Waals surface area contributed by atoms with Gasteiger partial charge in [0.25, 0.3) is 0 Å². The number of nitrogens with one attached hydrogen (secondary N) is 1. The van der Waals surface area contributed by atoms with Crippen LogP contribution >= 0.6 is 0 Å². The van der Waals surface area contributed by atoms with Crippen molar-refractivity contribution in [2.24, 2.45) is 0 Å². The van der Waals surface area contributed by atoms with Crippen molar-refractivity contribution in [2.75, 3.05) is 11.9 Å². The maximum atomic E-state index is 8.95. The second kappa shape index (κ2) is 4.32. The lowest BCUT2D eigenvalue weighted by Gasteiger charge is -2.12. The zero-order valence-electron chi connectivity index (χ0n) is 8.77. The quantitative estimate of drug-likeness (QED) is 0.800. The number of rotatable bonds is 3. The Balaban J connectivity index is 2.30. The molecule has 0 aliphatic heterocycles. The second-order valence-corrected chi connectivity index (χ2v) is 3.79. The standard InChI is InChI=1S/C13H15NO/c1-10(9-15)14-13-7-6-11-4-2-3-5-12(11)8-13/h2-8,10,14-15H,9H2,1H3. The van der Waals surface area contributed by atoms with Crippen molar-refractivity contribution in [1.82, 2.24) is 0 Å². The van der Waals surface area contributed by atoms with Gasteiger partial charge >= 0.3 is 0 Å². The molecule has 1 unspecified atom stereocenters. The minimum Gasteiger partial charge on any atom is -0.394 e. The van der Waals surface area contributed by atoms with E-state index in [1.54, 1.807) is 0 Å². The molecule has 0 saturated heterocycles. The van der Waals surface area contributed by atoms with E-state index in [9.17, 15) is 0 Å². The van der Waals surface area contributed by atoms with Crippen molar-refractivity contribution >= 4 is 16.5 Å². The molecule has 0 heterocycles. The first-order chi connectivity index (χ1) is 7.29. The maximum absolute atomic E-state index is 8.95. The normalized spacial score (nSPS) is 12.7. The molecule has 0 aliphatic rings. The van der Waals surface area contributed by atoms with Crippen LogP contribution in [0.1, 0.15) is 6.92 Å². The highest BCUT2D eigenvalue weighted by Gasteiger charge is 2.00. The van der Waals surface area contributed by atoms with E-state index in [0.717, 1.165) is 5.69 Å². The minimum atomic E-state index is 0.0890. The van der Waals surface area contributed by atoms with E-state index in [2.05, 4.69) is 29.6 Å². The van der Waals surface area contributed by atoms with Crippen molar-refractivity contribution in [2.45, 2.75) is 13.0 Å². The first-order valence-corrected chi connectivity index (χ1v) is 5.16. The van der Waals surface area contributed by atoms with Crippen molar-refractivity contribution in [1.29, 1.82) is 0 Å². The summed E-state index contributed by atoms with van der Waals surface area (Å²) < 4.78 is 0. The van der Waals surface area contributed by atoms with Gasteiger partial charge < -0.3 is 10.4 Å². The molecule has 0 spiro atoms. The summed E-state index contributed by atoms with van der Waals surface area (Å²) in [4.78, 5) is 0. The fourth-order valence-corrected chi connectivity index (χ4v) is 1.61. The molecule has 2 aromatic carbocycles. The van der Waals surface area contributed by atoms with Crippen LogP contribution in [0.15, 0.2) is 42.5 Å². The van der Waals surface area contributed by atoms with Gasteiger partial charge in [-0.3, -0.25) is 0 Å². The highest BCUT2D eigenvalue weighted by Crippen LogP contribution is 2.19. The topological polar surface area (TPSA) is 32.3 Å². The largest absolute Gasteiger partial charge is 0.394 e. The van der Waals surface area contributed by atoms with Crippen LogP contribution in [0.5, 0.6) is 0 Å². The predicted molar refractivity (Wildman–Crippen MR) is 64.1 cm³/mol. The van der Waals surface area contributed by atoms with Crippen molar-refractivity contribution in [3.8, 4) is 0 Å². The molecule has 2 nitrogen and oxygen atoms in total. The van der Waals surface area contributed by atoms with Gasteiger partial charge in [-0.05, 0) is 29.8 Å². The molecule has 0 fully saturated rings. The van der Waals surface area contributed by atoms with Crippen molar-refractivity contribution in [3.63, 3.8) is 0 Å². The Morgan fingerprint density at radius 1 is 1.13 bits per heavy atom. The number of anilines is 1. The fraction of sp³-hybridized carbons (Fsp3) is 0.231. The molecule has 0 amide bonds.